The lowest BCUT2D eigenvalue weighted by molar-refractivity contribution is 0.646. The van der Waals surface area contributed by atoms with Crippen molar-refractivity contribution in [2.45, 2.75) is 26.2 Å². The van der Waals surface area contributed by atoms with Crippen LogP contribution < -0.4 is 5.73 Å². The Bertz CT molecular complexity index is 749. The fourth-order valence-electron chi connectivity index (χ4n) is 2.82. The number of hydrogen-bond acceptors (Lipinski definition) is 1. The zero-order chi connectivity index (χ0) is 14.3. The lowest BCUT2D eigenvalue weighted by Crippen LogP contribution is -2.18. The van der Waals surface area contributed by atoms with Crippen molar-refractivity contribution < 1.29 is 0 Å². The Morgan fingerprint density at radius 1 is 1.00 bits per heavy atom. The molecular formula is C18H20N2. The molecular weight excluding hydrogens is 244 g/mol. The second-order valence-corrected chi connectivity index (χ2v) is 5.96. The van der Waals surface area contributed by atoms with Crippen molar-refractivity contribution in [3.63, 3.8) is 0 Å². The predicted octanol–water partition coefficient (Wildman–Crippen LogP) is 4.38. The molecule has 3 N–H and O–H groups in total. The molecule has 102 valence electrons. The Hall–Kier alpha value is -2.22. The molecule has 0 aliphatic heterocycles. The lowest BCUT2D eigenvalue weighted by Gasteiger charge is -2.25. The maximum Gasteiger partial charge on any atom is 0.0690 e. The number of nitrogen functional groups attached to an aromatic ring is 1. The predicted molar refractivity (Wildman–Crippen MR) is 86.0 cm³/mol. The first-order valence-corrected chi connectivity index (χ1v) is 6.93. The highest BCUT2D eigenvalue weighted by Crippen LogP contribution is 2.37. The minimum atomic E-state index is -0.0558. The van der Waals surface area contributed by atoms with E-state index in [9.17, 15) is 0 Å². The van der Waals surface area contributed by atoms with Crippen molar-refractivity contribution in [2.75, 3.05) is 5.73 Å². The van der Waals surface area contributed by atoms with Gasteiger partial charge in [0.15, 0.2) is 0 Å². The van der Waals surface area contributed by atoms with E-state index < -0.39 is 0 Å². The van der Waals surface area contributed by atoms with Crippen molar-refractivity contribution >= 4 is 16.6 Å². The van der Waals surface area contributed by atoms with Crippen LogP contribution in [0, 0.1) is 6.92 Å². The van der Waals surface area contributed by atoms with Gasteiger partial charge in [-0.3, -0.25) is 0 Å². The van der Waals surface area contributed by atoms with Crippen molar-refractivity contribution in [3.05, 3.63) is 65.4 Å². The van der Waals surface area contributed by atoms with Crippen LogP contribution in [-0.2, 0) is 5.41 Å². The Labute approximate surface area is 119 Å². The molecule has 2 aromatic carbocycles. The largest absolute Gasteiger partial charge is 0.397 e. The van der Waals surface area contributed by atoms with Gasteiger partial charge in [-0.25, -0.2) is 0 Å². The van der Waals surface area contributed by atoms with Gasteiger partial charge in [0.1, 0.15) is 0 Å². The number of H-pyrrole nitrogens is 1. The van der Waals surface area contributed by atoms with E-state index in [1.165, 1.54) is 22.1 Å². The number of fused-ring (bicyclic) bond motifs is 1. The molecule has 0 aliphatic carbocycles. The molecule has 0 aliphatic rings. The first kappa shape index (κ1) is 12.8. The van der Waals surface area contributed by atoms with E-state index in [1.54, 1.807) is 0 Å². The van der Waals surface area contributed by atoms with Crippen LogP contribution in [0.5, 0.6) is 0 Å². The molecule has 0 saturated carbocycles. The summed E-state index contributed by atoms with van der Waals surface area (Å²) in [5.74, 6) is 0. The Morgan fingerprint density at radius 2 is 1.70 bits per heavy atom. The Balaban J connectivity index is 2.18. The standard InChI is InChI=1S/C18H20N2/c1-12-7-9-13(10-8-12)18(2,3)15-11-20-17-14(15)5-4-6-16(17)19/h4-11,20H,19H2,1-3H3. The lowest BCUT2D eigenvalue weighted by atomic mass is 9.78. The average Bonchev–Trinajstić information content (AvgIpc) is 2.85. The molecule has 3 aromatic rings. The zero-order valence-electron chi connectivity index (χ0n) is 12.2. The number of aromatic amines is 1. The van der Waals surface area contributed by atoms with E-state index in [1.807, 2.05) is 12.1 Å². The molecule has 0 bridgehead atoms. The van der Waals surface area contributed by atoms with Gasteiger partial charge in [-0.2, -0.15) is 0 Å². The van der Waals surface area contributed by atoms with Crippen LogP contribution in [0.15, 0.2) is 48.7 Å². The normalized spacial score (nSPS) is 11.9. The highest BCUT2D eigenvalue weighted by atomic mass is 14.7. The van der Waals surface area contributed by atoms with E-state index >= 15 is 0 Å². The fourth-order valence-corrected chi connectivity index (χ4v) is 2.82. The first-order valence-electron chi connectivity index (χ1n) is 6.93. The van der Waals surface area contributed by atoms with Crippen molar-refractivity contribution in [1.82, 2.24) is 4.98 Å². The maximum absolute atomic E-state index is 6.04. The van der Waals surface area contributed by atoms with Gasteiger partial charge in [0.2, 0.25) is 0 Å². The van der Waals surface area contributed by atoms with Crippen molar-refractivity contribution in [1.29, 1.82) is 0 Å². The van der Waals surface area contributed by atoms with E-state index in [0.717, 1.165) is 11.2 Å². The van der Waals surface area contributed by atoms with E-state index in [4.69, 9.17) is 5.73 Å². The number of hydrogen-bond donors (Lipinski definition) is 2. The van der Waals surface area contributed by atoms with E-state index in [-0.39, 0.29) is 5.41 Å². The van der Waals surface area contributed by atoms with Gasteiger partial charge in [-0.15, -0.1) is 0 Å². The summed E-state index contributed by atoms with van der Waals surface area (Å²) in [6, 6.07) is 14.8. The monoisotopic (exact) mass is 264 g/mol. The summed E-state index contributed by atoms with van der Waals surface area (Å²) >= 11 is 0. The smallest absolute Gasteiger partial charge is 0.0690 e. The van der Waals surface area contributed by atoms with Gasteiger partial charge in [0, 0.05) is 17.0 Å². The SMILES string of the molecule is Cc1ccc(C(C)(C)c2c[nH]c3c(N)cccc23)cc1. The number of anilines is 1. The van der Waals surface area contributed by atoms with Crippen LogP contribution in [0.4, 0.5) is 5.69 Å². The van der Waals surface area contributed by atoms with Crippen LogP contribution in [0.25, 0.3) is 10.9 Å². The summed E-state index contributed by atoms with van der Waals surface area (Å²) in [6.07, 6.45) is 2.08. The van der Waals surface area contributed by atoms with E-state index in [2.05, 4.69) is 62.3 Å². The van der Waals surface area contributed by atoms with Gasteiger partial charge in [0.05, 0.1) is 11.2 Å². The zero-order valence-corrected chi connectivity index (χ0v) is 12.2. The van der Waals surface area contributed by atoms with Gasteiger partial charge in [-0.05, 0) is 24.1 Å². The van der Waals surface area contributed by atoms with Gasteiger partial charge >= 0.3 is 0 Å². The molecule has 20 heavy (non-hydrogen) atoms. The summed E-state index contributed by atoms with van der Waals surface area (Å²) in [7, 11) is 0. The van der Waals surface area contributed by atoms with Crippen LogP contribution in [-0.4, -0.2) is 4.98 Å². The first-order chi connectivity index (χ1) is 9.50. The molecule has 0 unspecified atom stereocenters. The van der Waals surface area contributed by atoms with E-state index in [0.29, 0.717) is 0 Å². The highest BCUT2D eigenvalue weighted by molar-refractivity contribution is 5.93. The minimum Gasteiger partial charge on any atom is -0.397 e. The van der Waals surface area contributed by atoms with Crippen LogP contribution in [0.1, 0.15) is 30.5 Å². The third kappa shape index (κ3) is 1.88. The number of aromatic nitrogens is 1. The summed E-state index contributed by atoms with van der Waals surface area (Å²) < 4.78 is 0. The Kier molecular flexibility index (Phi) is 2.82. The molecule has 1 heterocycles. The second-order valence-electron chi connectivity index (χ2n) is 5.96. The molecule has 1 aromatic heterocycles. The third-order valence-corrected chi connectivity index (χ3v) is 4.19. The maximum atomic E-state index is 6.04. The highest BCUT2D eigenvalue weighted by Gasteiger charge is 2.26. The topological polar surface area (TPSA) is 41.8 Å². The summed E-state index contributed by atoms with van der Waals surface area (Å²) in [5, 5.41) is 1.20. The molecule has 3 rings (SSSR count). The average molecular weight is 264 g/mol. The molecule has 0 atom stereocenters. The minimum absolute atomic E-state index is 0.0558. The molecule has 2 heteroatoms. The number of para-hydroxylation sites is 1. The number of nitrogens with one attached hydrogen (secondary N) is 1. The molecule has 0 saturated heterocycles. The number of aryl methyl sites for hydroxylation is 1. The number of rotatable bonds is 2. The second kappa shape index (κ2) is 4.41. The molecule has 0 fully saturated rings. The molecule has 0 amide bonds. The van der Waals surface area contributed by atoms with Crippen LogP contribution in [0.2, 0.25) is 0 Å². The van der Waals surface area contributed by atoms with Gasteiger partial charge in [0.25, 0.3) is 0 Å². The van der Waals surface area contributed by atoms with Crippen LogP contribution >= 0.6 is 0 Å². The molecule has 0 radical (unpaired) electrons. The quantitative estimate of drug-likeness (QED) is 0.662. The van der Waals surface area contributed by atoms with Gasteiger partial charge < -0.3 is 10.7 Å². The summed E-state index contributed by atoms with van der Waals surface area (Å²) in [4.78, 5) is 3.32. The number of benzene rings is 2. The molecule has 2 nitrogen and oxygen atoms in total. The van der Waals surface area contributed by atoms with Crippen LogP contribution in [0.3, 0.4) is 0 Å². The van der Waals surface area contributed by atoms with Crippen molar-refractivity contribution in [3.8, 4) is 0 Å². The number of nitrogens with two attached hydrogens (primary N) is 1. The van der Waals surface area contributed by atoms with Crippen molar-refractivity contribution in [2.24, 2.45) is 0 Å². The third-order valence-electron chi connectivity index (χ3n) is 4.19. The summed E-state index contributed by atoms with van der Waals surface area (Å²) in [5.41, 5.74) is 11.7. The Morgan fingerprint density at radius 3 is 2.40 bits per heavy atom. The molecule has 0 spiro atoms. The van der Waals surface area contributed by atoms with Gasteiger partial charge in [-0.1, -0.05) is 55.8 Å². The fraction of sp³-hybridized carbons (Fsp3) is 0.222. The summed E-state index contributed by atoms with van der Waals surface area (Å²) in [6.45, 7) is 6.62.